The number of benzene rings is 2. The van der Waals surface area contributed by atoms with Crippen molar-refractivity contribution in [2.45, 2.75) is 30.3 Å². The van der Waals surface area contributed by atoms with Gasteiger partial charge in [-0.2, -0.15) is 0 Å². The van der Waals surface area contributed by atoms with Gasteiger partial charge < -0.3 is 14.6 Å². The number of hydrogen-bond donors (Lipinski definition) is 1. The molecule has 140 valence electrons. The lowest BCUT2D eigenvalue weighted by Gasteiger charge is -2.30. The summed E-state index contributed by atoms with van der Waals surface area (Å²) in [5, 5.41) is 4.07. The lowest BCUT2D eigenvalue weighted by atomic mass is 10.0. The molecular weight excluding hydrogens is 363 g/mol. The summed E-state index contributed by atoms with van der Waals surface area (Å²) in [6, 6.07) is 13.9. The maximum atomic E-state index is 13.7. The second-order valence-corrected chi connectivity index (χ2v) is 7.93. The summed E-state index contributed by atoms with van der Waals surface area (Å²) < 4.78 is 19.6. The van der Waals surface area contributed by atoms with Crippen molar-refractivity contribution in [3.63, 3.8) is 0 Å². The molecule has 2 aromatic carbocycles. The Morgan fingerprint density at radius 2 is 2.11 bits per heavy atom. The average Bonchev–Trinajstić information content (AvgIpc) is 3.11. The summed E-state index contributed by atoms with van der Waals surface area (Å²) in [5.74, 6) is 1.35. The second-order valence-electron chi connectivity index (χ2n) is 6.79. The van der Waals surface area contributed by atoms with Gasteiger partial charge in [-0.05, 0) is 49.2 Å². The monoisotopic (exact) mass is 384 g/mol. The minimum Gasteiger partial charge on any atom is -0.459 e. The van der Waals surface area contributed by atoms with Gasteiger partial charge in [-0.3, -0.25) is 0 Å². The normalized spacial score (nSPS) is 17.4. The Kier molecular flexibility index (Phi) is 4.83. The zero-order valence-electron chi connectivity index (χ0n) is 15.2. The molecular formula is C21H21FN2O2S. The number of halogens is 1. The maximum Gasteiger partial charge on any atom is 0.318 e. The maximum absolute atomic E-state index is 13.7. The van der Waals surface area contributed by atoms with E-state index in [9.17, 15) is 9.18 Å². The van der Waals surface area contributed by atoms with Crippen molar-refractivity contribution in [1.82, 2.24) is 10.2 Å². The van der Waals surface area contributed by atoms with Crippen LogP contribution in [0.5, 0.6) is 0 Å². The van der Waals surface area contributed by atoms with E-state index in [0.717, 1.165) is 39.4 Å². The number of rotatable bonds is 3. The van der Waals surface area contributed by atoms with E-state index >= 15 is 0 Å². The van der Waals surface area contributed by atoms with Gasteiger partial charge in [0.25, 0.3) is 0 Å². The van der Waals surface area contributed by atoms with Crippen molar-refractivity contribution in [3.05, 3.63) is 65.7 Å². The Balaban J connectivity index is 1.50. The fraction of sp³-hybridized carbons (Fsp3) is 0.286. The van der Waals surface area contributed by atoms with Gasteiger partial charge in [0.05, 0.1) is 12.1 Å². The molecule has 27 heavy (non-hydrogen) atoms. The van der Waals surface area contributed by atoms with Crippen LogP contribution in [0, 0.1) is 5.82 Å². The smallest absolute Gasteiger partial charge is 0.318 e. The van der Waals surface area contributed by atoms with Crippen LogP contribution in [0.4, 0.5) is 9.18 Å². The van der Waals surface area contributed by atoms with Gasteiger partial charge >= 0.3 is 6.03 Å². The molecule has 0 radical (unpaired) electrons. The highest BCUT2D eigenvalue weighted by atomic mass is 32.2. The molecule has 1 aliphatic heterocycles. The van der Waals surface area contributed by atoms with E-state index in [0.29, 0.717) is 0 Å². The second kappa shape index (κ2) is 7.27. The SMILES string of the molecule is CC(c1cc2ccccc2o1)N(C)C(=O)NC1CCSc2ccc(F)cc21. The summed E-state index contributed by atoms with van der Waals surface area (Å²) in [5.41, 5.74) is 1.66. The van der Waals surface area contributed by atoms with Crippen molar-refractivity contribution >= 4 is 28.8 Å². The fourth-order valence-electron chi connectivity index (χ4n) is 3.34. The number of thioether (sulfide) groups is 1. The highest BCUT2D eigenvalue weighted by molar-refractivity contribution is 7.99. The molecule has 6 heteroatoms. The molecule has 0 spiro atoms. The standard InChI is InChI=1S/C21H21FN2O2S/c1-13(19-11-14-5-3-4-6-18(14)26-19)24(2)21(25)23-17-9-10-27-20-8-7-15(22)12-16(17)20/h3-8,11-13,17H,9-10H2,1-2H3,(H,23,25). The topological polar surface area (TPSA) is 45.5 Å². The zero-order chi connectivity index (χ0) is 19.0. The molecule has 2 heterocycles. The third-order valence-electron chi connectivity index (χ3n) is 5.07. The van der Waals surface area contributed by atoms with Gasteiger partial charge in [0.1, 0.15) is 17.2 Å². The van der Waals surface area contributed by atoms with Crippen LogP contribution in [0.15, 0.2) is 57.8 Å². The van der Waals surface area contributed by atoms with Crippen molar-refractivity contribution < 1.29 is 13.6 Å². The summed E-state index contributed by atoms with van der Waals surface area (Å²) in [6.45, 7) is 1.93. The van der Waals surface area contributed by atoms with Gasteiger partial charge in [0.15, 0.2) is 0 Å². The summed E-state index contributed by atoms with van der Waals surface area (Å²) in [4.78, 5) is 15.5. The van der Waals surface area contributed by atoms with E-state index in [4.69, 9.17) is 4.42 Å². The minimum absolute atomic E-state index is 0.185. The van der Waals surface area contributed by atoms with E-state index < -0.39 is 0 Å². The van der Waals surface area contributed by atoms with Crippen molar-refractivity contribution in [1.29, 1.82) is 0 Å². The van der Waals surface area contributed by atoms with E-state index in [-0.39, 0.29) is 23.9 Å². The molecule has 0 saturated carbocycles. The molecule has 0 bridgehead atoms. The van der Waals surface area contributed by atoms with E-state index in [1.165, 1.54) is 12.1 Å². The van der Waals surface area contributed by atoms with E-state index in [2.05, 4.69) is 5.32 Å². The Labute approximate surface area is 161 Å². The third-order valence-corrected chi connectivity index (χ3v) is 6.19. The number of nitrogens with one attached hydrogen (secondary N) is 1. The molecule has 4 rings (SSSR count). The zero-order valence-corrected chi connectivity index (χ0v) is 16.1. The van der Waals surface area contributed by atoms with Crippen LogP contribution in [-0.2, 0) is 0 Å². The predicted octanol–water partition coefficient (Wildman–Crippen LogP) is 5.51. The predicted molar refractivity (Wildman–Crippen MR) is 105 cm³/mol. The molecule has 4 nitrogen and oxygen atoms in total. The van der Waals surface area contributed by atoms with Gasteiger partial charge in [0.2, 0.25) is 0 Å². The van der Waals surface area contributed by atoms with Gasteiger partial charge in [-0.1, -0.05) is 18.2 Å². The molecule has 2 amide bonds. The number of para-hydroxylation sites is 1. The summed E-state index contributed by atoms with van der Waals surface area (Å²) in [7, 11) is 1.75. The summed E-state index contributed by atoms with van der Waals surface area (Å²) >= 11 is 1.70. The number of furan rings is 1. The highest BCUT2D eigenvalue weighted by Gasteiger charge is 2.26. The Morgan fingerprint density at radius 3 is 2.93 bits per heavy atom. The van der Waals surface area contributed by atoms with Crippen LogP contribution in [0.25, 0.3) is 11.0 Å². The number of carbonyl (C=O) groups excluding carboxylic acids is 1. The largest absolute Gasteiger partial charge is 0.459 e. The first-order valence-corrected chi connectivity index (χ1v) is 9.95. The van der Waals surface area contributed by atoms with Crippen LogP contribution in [-0.4, -0.2) is 23.7 Å². The third kappa shape index (κ3) is 3.54. The number of hydrogen-bond acceptors (Lipinski definition) is 3. The molecule has 1 aromatic heterocycles. The van der Waals surface area contributed by atoms with Crippen molar-refractivity contribution in [3.8, 4) is 0 Å². The van der Waals surface area contributed by atoms with E-state index in [1.54, 1.807) is 29.8 Å². The first-order chi connectivity index (χ1) is 13.0. The first-order valence-electron chi connectivity index (χ1n) is 8.97. The molecule has 0 saturated heterocycles. The molecule has 1 N–H and O–H groups in total. The highest BCUT2D eigenvalue weighted by Crippen LogP contribution is 2.36. The minimum atomic E-state index is -0.278. The summed E-state index contributed by atoms with van der Waals surface area (Å²) in [6.07, 6.45) is 0.777. The number of urea groups is 1. The van der Waals surface area contributed by atoms with Crippen LogP contribution in [0.3, 0.4) is 0 Å². The Bertz CT molecular complexity index is 954. The number of nitrogens with zero attached hydrogens (tertiary/aromatic N) is 1. The number of carbonyl (C=O) groups is 1. The van der Waals surface area contributed by atoms with Crippen LogP contribution < -0.4 is 5.32 Å². The van der Waals surface area contributed by atoms with E-state index in [1.807, 2.05) is 37.3 Å². The molecule has 2 atom stereocenters. The van der Waals surface area contributed by atoms with Crippen molar-refractivity contribution in [2.24, 2.45) is 0 Å². The number of fused-ring (bicyclic) bond motifs is 2. The fourth-order valence-corrected chi connectivity index (χ4v) is 4.45. The molecule has 0 aliphatic carbocycles. The van der Waals surface area contributed by atoms with Gasteiger partial charge in [-0.15, -0.1) is 11.8 Å². The lowest BCUT2D eigenvalue weighted by Crippen LogP contribution is -2.41. The van der Waals surface area contributed by atoms with Crippen LogP contribution >= 0.6 is 11.8 Å². The quantitative estimate of drug-likeness (QED) is 0.647. The van der Waals surface area contributed by atoms with Gasteiger partial charge in [-0.25, -0.2) is 9.18 Å². The lowest BCUT2D eigenvalue weighted by molar-refractivity contribution is 0.183. The van der Waals surface area contributed by atoms with Crippen molar-refractivity contribution in [2.75, 3.05) is 12.8 Å². The molecule has 0 fully saturated rings. The Hall–Kier alpha value is -2.47. The molecule has 1 aliphatic rings. The molecule has 2 unspecified atom stereocenters. The van der Waals surface area contributed by atoms with Crippen LogP contribution in [0.2, 0.25) is 0 Å². The first kappa shape index (κ1) is 17.9. The van der Waals surface area contributed by atoms with Gasteiger partial charge in [0, 0.05) is 23.1 Å². The number of amides is 2. The van der Waals surface area contributed by atoms with Crippen LogP contribution in [0.1, 0.15) is 36.8 Å². The Morgan fingerprint density at radius 1 is 1.30 bits per heavy atom. The average molecular weight is 384 g/mol. The molecule has 3 aromatic rings.